The van der Waals surface area contributed by atoms with Crippen LogP contribution in [0.25, 0.3) is 10.9 Å². The summed E-state index contributed by atoms with van der Waals surface area (Å²) in [5, 5.41) is 14.8. The molecule has 0 spiro atoms. The van der Waals surface area contributed by atoms with Crippen molar-refractivity contribution in [1.29, 1.82) is 0 Å². The topological polar surface area (TPSA) is 74.3 Å². The number of rotatable bonds is 7. The number of pyridine rings is 1. The van der Waals surface area contributed by atoms with Crippen LogP contribution in [0.3, 0.4) is 0 Å². The molecule has 0 radical (unpaired) electrons. The molecule has 28 heavy (non-hydrogen) atoms. The highest BCUT2D eigenvalue weighted by Gasteiger charge is 2.13. The summed E-state index contributed by atoms with van der Waals surface area (Å²) in [6.07, 6.45) is 0.211. The molecular formula is C21H26Cl2N2O3. The van der Waals surface area contributed by atoms with E-state index in [1.165, 1.54) is 11.6 Å². The van der Waals surface area contributed by atoms with Gasteiger partial charge in [0.2, 0.25) is 5.56 Å². The summed E-state index contributed by atoms with van der Waals surface area (Å²) in [6, 6.07) is 17.0. The van der Waals surface area contributed by atoms with E-state index < -0.39 is 6.10 Å². The summed E-state index contributed by atoms with van der Waals surface area (Å²) in [5.41, 5.74) is 2.61. The lowest BCUT2D eigenvalue weighted by Crippen LogP contribution is -2.32. The molecule has 0 aliphatic rings. The third kappa shape index (κ3) is 5.97. The fourth-order valence-electron chi connectivity index (χ4n) is 3.11. The maximum Gasteiger partial charge on any atom is 0.248 e. The van der Waals surface area contributed by atoms with Crippen molar-refractivity contribution >= 4 is 35.7 Å². The van der Waals surface area contributed by atoms with E-state index in [0.717, 1.165) is 28.6 Å². The van der Waals surface area contributed by atoms with E-state index in [4.69, 9.17) is 4.74 Å². The Morgan fingerprint density at radius 1 is 1.07 bits per heavy atom. The van der Waals surface area contributed by atoms with Crippen LogP contribution in [-0.2, 0) is 6.42 Å². The maximum absolute atomic E-state index is 11.5. The Morgan fingerprint density at radius 3 is 2.46 bits per heavy atom. The summed E-state index contributed by atoms with van der Waals surface area (Å²) in [7, 11) is 1.66. The molecule has 0 amide bonds. The summed E-state index contributed by atoms with van der Waals surface area (Å²) in [5.74, 6) is 0.846. The average molecular weight is 425 g/mol. The Morgan fingerprint density at radius 2 is 1.79 bits per heavy atom. The van der Waals surface area contributed by atoms with Crippen LogP contribution in [0.1, 0.15) is 24.2 Å². The largest absolute Gasteiger partial charge is 0.497 e. The van der Waals surface area contributed by atoms with E-state index in [-0.39, 0.29) is 36.4 Å². The van der Waals surface area contributed by atoms with Gasteiger partial charge in [-0.3, -0.25) is 4.79 Å². The number of H-pyrrole nitrogens is 1. The van der Waals surface area contributed by atoms with E-state index in [1.807, 2.05) is 30.3 Å². The van der Waals surface area contributed by atoms with Crippen LogP contribution in [0.15, 0.2) is 59.4 Å². The fraction of sp³-hybridized carbons (Fsp3) is 0.286. The van der Waals surface area contributed by atoms with Crippen LogP contribution < -0.4 is 15.6 Å². The first-order chi connectivity index (χ1) is 12.6. The van der Waals surface area contributed by atoms with Crippen molar-refractivity contribution in [3.63, 3.8) is 0 Å². The molecular weight excluding hydrogens is 399 g/mol. The van der Waals surface area contributed by atoms with Gasteiger partial charge in [0, 0.05) is 29.6 Å². The molecule has 3 rings (SSSR count). The van der Waals surface area contributed by atoms with E-state index in [0.29, 0.717) is 6.54 Å². The molecule has 0 bridgehead atoms. The molecule has 0 fully saturated rings. The molecule has 3 N–H and O–H groups in total. The van der Waals surface area contributed by atoms with E-state index in [9.17, 15) is 9.90 Å². The third-order valence-electron chi connectivity index (χ3n) is 4.52. The molecule has 2 atom stereocenters. The molecule has 5 nitrogen and oxygen atoms in total. The number of benzene rings is 2. The van der Waals surface area contributed by atoms with E-state index in [1.54, 1.807) is 13.2 Å². The lowest BCUT2D eigenvalue weighted by Gasteiger charge is -2.19. The number of halogens is 2. The Balaban J connectivity index is 0.00000196. The van der Waals surface area contributed by atoms with Gasteiger partial charge in [0.1, 0.15) is 5.75 Å². The van der Waals surface area contributed by atoms with Gasteiger partial charge in [0.05, 0.1) is 13.2 Å². The molecule has 0 saturated heterocycles. The molecule has 2 unspecified atom stereocenters. The predicted molar refractivity (Wildman–Crippen MR) is 118 cm³/mol. The molecule has 0 saturated carbocycles. The molecule has 0 aliphatic heterocycles. The van der Waals surface area contributed by atoms with Crippen molar-refractivity contribution in [1.82, 2.24) is 10.3 Å². The monoisotopic (exact) mass is 424 g/mol. The molecule has 152 valence electrons. The van der Waals surface area contributed by atoms with Crippen molar-refractivity contribution < 1.29 is 9.84 Å². The lowest BCUT2D eigenvalue weighted by atomic mass is 10.0. The lowest BCUT2D eigenvalue weighted by molar-refractivity contribution is 0.172. The van der Waals surface area contributed by atoms with Gasteiger partial charge in [-0.15, -0.1) is 24.8 Å². The minimum atomic E-state index is -0.650. The SMILES string of the molecule is COc1ccc(CC(C)NCC(O)c2cccc3[nH]c(=O)ccc23)cc1.Cl.Cl. The number of hydrogen-bond donors (Lipinski definition) is 3. The molecule has 1 aromatic heterocycles. The van der Waals surface area contributed by atoms with E-state index >= 15 is 0 Å². The highest BCUT2D eigenvalue weighted by atomic mass is 35.5. The standard InChI is InChI=1S/C21H24N2O3.2ClH/c1-14(12-15-6-8-16(26-2)9-7-15)22-13-20(24)18-4-3-5-19-17(18)10-11-21(25)23-19;;/h3-11,14,20,22,24H,12-13H2,1-2H3,(H,23,25);2*1H. The Labute approximate surface area is 177 Å². The highest BCUT2D eigenvalue weighted by Crippen LogP contribution is 2.22. The molecule has 0 aliphatic carbocycles. The van der Waals surface area contributed by atoms with Crippen LogP contribution in [0.5, 0.6) is 5.75 Å². The van der Waals surface area contributed by atoms with Crippen molar-refractivity contribution in [3.05, 3.63) is 76.1 Å². The van der Waals surface area contributed by atoms with Gasteiger partial charge in [-0.1, -0.05) is 24.3 Å². The summed E-state index contributed by atoms with van der Waals surface area (Å²) < 4.78 is 5.17. The van der Waals surface area contributed by atoms with Crippen molar-refractivity contribution in [2.45, 2.75) is 25.5 Å². The van der Waals surface area contributed by atoms with Crippen LogP contribution in [0.2, 0.25) is 0 Å². The zero-order valence-electron chi connectivity index (χ0n) is 15.8. The molecule has 2 aromatic carbocycles. The first-order valence-electron chi connectivity index (χ1n) is 8.73. The third-order valence-corrected chi connectivity index (χ3v) is 4.52. The number of aliphatic hydroxyl groups excluding tert-OH is 1. The number of aromatic amines is 1. The van der Waals surface area contributed by atoms with E-state index in [2.05, 4.69) is 29.4 Å². The Hall–Kier alpha value is -2.05. The first-order valence-corrected chi connectivity index (χ1v) is 8.73. The second kappa shape index (κ2) is 11.1. The molecule has 3 aromatic rings. The number of methoxy groups -OCH3 is 1. The molecule has 1 heterocycles. The van der Waals surface area contributed by atoms with Crippen LogP contribution >= 0.6 is 24.8 Å². The first kappa shape index (κ1) is 24.0. The summed E-state index contributed by atoms with van der Waals surface area (Å²) in [6.45, 7) is 2.53. The van der Waals surface area contributed by atoms with Crippen molar-refractivity contribution in [2.75, 3.05) is 13.7 Å². The predicted octanol–water partition coefficient (Wildman–Crippen LogP) is 3.63. The van der Waals surface area contributed by atoms with Crippen molar-refractivity contribution in [3.8, 4) is 5.75 Å². The van der Waals surface area contributed by atoms with Gasteiger partial charge >= 0.3 is 0 Å². The number of ether oxygens (including phenoxy) is 1. The average Bonchev–Trinajstić information content (AvgIpc) is 2.66. The van der Waals surface area contributed by atoms with Gasteiger partial charge < -0.3 is 20.1 Å². The van der Waals surface area contributed by atoms with Crippen LogP contribution in [-0.4, -0.2) is 29.8 Å². The molecule has 7 heteroatoms. The Kier molecular flexibility index (Phi) is 9.49. The number of nitrogens with one attached hydrogen (secondary N) is 2. The minimum absolute atomic E-state index is 0. The maximum atomic E-state index is 11.5. The van der Waals surface area contributed by atoms with Crippen LogP contribution in [0.4, 0.5) is 0 Å². The highest BCUT2D eigenvalue weighted by molar-refractivity contribution is 5.85. The summed E-state index contributed by atoms with van der Waals surface area (Å²) in [4.78, 5) is 14.2. The fourth-order valence-corrected chi connectivity index (χ4v) is 3.11. The zero-order valence-corrected chi connectivity index (χ0v) is 17.5. The van der Waals surface area contributed by atoms with Gasteiger partial charge in [0.15, 0.2) is 0 Å². The van der Waals surface area contributed by atoms with Crippen molar-refractivity contribution in [2.24, 2.45) is 0 Å². The number of hydrogen-bond acceptors (Lipinski definition) is 4. The number of aliphatic hydroxyl groups is 1. The van der Waals surface area contributed by atoms with Crippen LogP contribution in [0, 0.1) is 0 Å². The zero-order chi connectivity index (χ0) is 18.5. The van der Waals surface area contributed by atoms with Gasteiger partial charge in [-0.05, 0) is 48.7 Å². The second-order valence-corrected chi connectivity index (χ2v) is 6.51. The van der Waals surface area contributed by atoms with Gasteiger partial charge in [0.25, 0.3) is 0 Å². The minimum Gasteiger partial charge on any atom is -0.497 e. The quantitative estimate of drug-likeness (QED) is 0.541. The Bertz CT molecular complexity index is 929. The smallest absolute Gasteiger partial charge is 0.248 e. The van der Waals surface area contributed by atoms with Gasteiger partial charge in [-0.25, -0.2) is 0 Å². The van der Waals surface area contributed by atoms with Gasteiger partial charge in [-0.2, -0.15) is 0 Å². The number of aromatic nitrogens is 1. The second-order valence-electron chi connectivity index (χ2n) is 6.51. The number of fused-ring (bicyclic) bond motifs is 1. The normalized spacial score (nSPS) is 12.5. The summed E-state index contributed by atoms with van der Waals surface area (Å²) >= 11 is 0.